The van der Waals surface area contributed by atoms with Crippen LogP contribution in [0.25, 0.3) is 0 Å². The van der Waals surface area contributed by atoms with E-state index >= 15 is 0 Å². The fourth-order valence-corrected chi connectivity index (χ4v) is 0.273. The molecule has 0 aliphatic heterocycles. The van der Waals surface area contributed by atoms with E-state index in [-0.39, 0.29) is 0 Å². The van der Waals surface area contributed by atoms with E-state index in [4.69, 9.17) is 5.26 Å². The zero-order chi connectivity index (χ0) is 6.57. The monoisotopic (exact) mass is 173 g/mol. The maximum absolute atomic E-state index is 10.3. The molecule has 0 bridgehead atoms. The second kappa shape index (κ2) is 3.39. The largest absolute Gasteiger partial charge is 0.276 e. The van der Waals surface area contributed by atoms with Crippen molar-refractivity contribution in [2.45, 2.75) is 6.92 Å². The first kappa shape index (κ1) is 7.38. The lowest BCUT2D eigenvalue weighted by atomic mass is 10.4. The average molecular weight is 174 g/mol. The molecule has 2 nitrogen and oxygen atoms in total. The number of nitriles is 1. The molecule has 0 unspecified atom stereocenters. The van der Waals surface area contributed by atoms with E-state index in [1.807, 2.05) is 0 Å². The normalized spacial score (nSPS) is 10.4. The molecule has 0 aromatic rings. The quantitative estimate of drug-likeness (QED) is 0.445. The summed E-state index contributed by atoms with van der Waals surface area (Å²) in [7, 11) is 0. The summed E-state index contributed by atoms with van der Waals surface area (Å²) in [5.41, 5.74) is 0. The molecule has 0 spiro atoms. The molecule has 0 rings (SSSR count). The molecule has 8 heavy (non-hydrogen) atoms. The van der Waals surface area contributed by atoms with Crippen molar-refractivity contribution in [1.29, 1.82) is 5.26 Å². The molecule has 0 aliphatic carbocycles. The molecular formula is C5H4BrNO. The van der Waals surface area contributed by atoms with Crippen LogP contribution < -0.4 is 0 Å². The van der Waals surface area contributed by atoms with E-state index in [0.29, 0.717) is 4.48 Å². The van der Waals surface area contributed by atoms with Gasteiger partial charge in [-0.25, -0.2) is 0 Å². The van der Waals surface area contributed by atoms with Crippen LogP contribution in [-0.4, -0.2) is 5.78 Å². The Labute approximate surface area is 55.9 Å². The van der Waals surface area contributed by atoms with Gasteiger partial charge >= 0.3 is 0 Å². The van der Waals surface area contributed by atoms with Gasteiger partial charge in [0.05, 0.1) is 4.48 Å². The molecule has 0 saturated heterocycles. The van der Waals surface area contributed by atoms with Gasteiger partial charge in [-0.2, -0.15) is 5.26 Å². The Morgan fingerprint density at radius 3 is 2.50 bits per heavy atom. The fraction of sp³-hybridized carbons (Fsp3) is 0.200. The second-order valence-corrected chi connectivity index (χ2v) is 1.93. The SMILES string of the molecule is C/C=C(\Br)C(=O)C#N. The van der Waals surface area contributed by atoms with Gasteiger partial charge in [0.1, 0.15) is 6.07 Å². The Hall–Kier alpha value is -0.620. The highest BCUT2D eigenvalue weighted by atomic mass is 79.9. The van der Waals surface area contributed by atoms with Crippen molar-refractivity contribution in [2.75, 3.05) is 0 Å². The first-order chi connectivity index (χ1) is 3.72. The molecule has 0 aliphatic rings. The zero-order valence-electron chi connectivity index (χ0n) is 4.31. The van der Waals surface area contributed by atoms with Gasteiger partial charge in [-0.15, -0.1) is 0 Å². The molecule has 0 amide bonds. The summed E-state index contributed by atoms with van der Waals surface area (Å²) in [6.45, 7) is 1.68. The molecule has 0 atom stereocenters. The van der Waals surface area contributed by atoms with Gasteiger partial charge in [0.2, 0.25) is 0 Å². The van der Waals surface area contributed by atoms with Crippen molar-refractivity contribution in [1.82, 2.24) is 0 Å². The summed E-state index contributed by atoms with van der Waals surface area (Å²) in [6, 6.07) is 1.46. The molecule has 42 valence electrons. The summed E-state index contributed by atoms with van der Waals surface area (Å²) in [5.74, 6) is -0.535. The number of carbonyl (C=O) groups excluding carboxylic acids is 1. The van der Waals surface area contributed by atoms with Crippen LogP contribution in [0.4, 0.5) is 0 Å². The number of allylic oxidation sites excluding steroid dienone is 2. The molecule has 0 saturated carbocycles. The van der Waals surface area contributed by atoms with Gasteiger partial charge in [-0.3, -0.25) is 4.79 Å². The van der Waals surface area contributed by atoms with E-state index < -0.39 is 5.78 Å². The van der Waals surface area contributed by atoms with E-state index in [1.165, 1.54) is 12.1 Å². The predicted molar refractivity (Wildman–Crippen MR) is 33.3 cm³/mol. The number of Topliss-reactive ketones (excluding diaryl/α,β-unsaturated/α-hetero) is 1. The van der Waals surface area contributed by atoms with Gasteiger partial charge in [-0.05, 0) is 22.9 Å². The van der Waals surface area contributed by atoms with Crippen LogP contribution in [0.5, 0.6) is 0 Å². The number of carbonyl (C=O) groups is 1. The van der Waals surface area contributed by atoms with Crippen LogP contribution in [-0.2, 0) is 4.79 Å². The molecule has 0 radical (unpaired) electrons. The van der Waals surface area contributed by atoms with Crippen molar-refractivity contribution in [3.63, 3.8) is 0 Å². The Morgan fingerprint density at radius 1 is 1.88 bits per heavy atom. The van der Waals surface area contributed by atoms with Crippen LogP contribution >= 0.6 is 15.9 Å². The third-order valence-electron chi connectivity index (χ3n) is 0.572. The number of nitrogens with zero attached hydrogens (tertiary/aromatic N) is 1. The van der Waals surface area contributed by atoms with Crippen LogP contribution in [0.2, 0.25) is 0 Å². The highest BCUT2D eigenvalue weighted by Gasteiger charge is 1.99. The van der Waals surface area contributed by atoms with E-state index in [9.17, 15) is 4.79 Å². The fourth-order valence-electron chi connectivity index (χ4n) is 0.184. The molecule has 0 heterocycles. The van der Waals surface area contributed by atoms with Gasteiger partial charge in [-0.1, -0.05) is 6.08 Å². The highest BCUT2D eigenvalue weighted by molar-refractivity contribution is 9.12. The summed E-state index contributed by atoms with van der Waals surface area (Å²) in [5, 5.41) is 7.97. The Kier molecular flexibility index (Phi) is 3.13. The molecule has 0 aromatic heterocycles. The van der Waals surface area contributed by atoms with Crippen molar-refractivity contribution in [3.8, 4) is 6.07 Å². The number of rotatable bonds is 1. The summed E-state index contributed by atoms with van der Waals surface area (Å²) in [4.78, 5) is 10.3. The first-order valence-electron chi connectivity index (χ1n) is 1.98. The third kappa shape index (κ3) is 1.90. The lowest BCUT2D eigenvalue weighted by Gasteiger charge is -1.79. The van der Waals surface area contributed by atoms with Crippen LogP contribution in [0.1, 0.15) is 6.92 Å². The lowest BCUT2D eigenvalue weighted by Crippen LogP contribution is -1.89. The van der Waals surface area contributed by atoms with E-state index in [2.05, 4.69) is 15.9 Å². The summed E-state index contributed by atoms with van der Waals surface area (Å²) >= 11 is 2.89. The van der Waals surface area contributed by atoms with Crippen molar-refractivity contribution >= 4 is 21.7 Å². The van der Waals surface area contributed by atoms with E-state index in [1.54, 1.807) is 6.92 Å². The number of hydrogen-bond acceptors (Lipinski definition) is 2. The number of hydrogen-bond donors (Lipinski definition) is 0. The van der Waals surface area contributed by atoms with E-state index in [0.717, 1.165) is 0 Å². The van der Waals surface area contributed by atoms with Crippen LogP contribution in [0.3, 0.4) is 0 Å². The predicted octanol–water partition coefficient (Wildman–Crippen LogP) is 1.38. The van der Waals surface area contributed by atoms with Gasteiger partial charge in [0.15, 0.2) is 0 Å². The Bertz CT molecular complexity index is 166. The number of ketones is 1. The first-order valence-corrected chi connectivity index (χ1v) is 2.78. The molecule has 0 fully saturated rings. The lowest BCUT2D eigenvalue weighted by molar-refractivity contribution is -0.110. The number of halogens is 1. The van der Waals surface area contributed by atoms with Crippen LogP contribution in [0, 0.1) is 11.3 Å². The smallest absolute Gasteiger partial charge is 0.268 e. The zero-order valence-corrected chi connectivity index (χ0v) is 5.90. The Morgan fingerprint density at radius 2 is 2.38 bits per heavy atom. The minimum absolute atomic E-state index is 0.319. The molecule has 3 heteroatoms. The topological polar surface area (TPSA) is 40.9 Å². The van der Waals surface area contributed by atoms with Gasteiger partial charge < -0.3 is 0 Å². The van der Waals surface area contributed by atoms with Crippen molar-refractivity contribution in [2.24, 2.45) is 0 Å². The second-order valence-electron chi connectivity index (χ2n) is 1.08. The molecular weight excluding hydrogens is 170 g/mol. The standard InChI is InChI=1S/C5H4BrNO/c1-2-4(6)5(8)3-7/h2H,1H3/b4-2-. The minimum Gasteiger partial charge on any atom is -0.276 e. The minimum atomic E-state index is -0.535. The van der Waals surface area contributed by atoms with Gasteiger partial charge in [0.25, 0.3) is 5.78 Å². The maximum atomic E-state index is 10.3. The van der Waals surface area contributed by atoms with Crippen LogP contribution in [0.15, 0.2) is 10.6 Å². The Balaban J connectivity index is 4.10. The van der Waals surface area contributed by atoms with Gasteiger partial charge in [0, 0.05) is 0 Å². The maximum Gasteiger partial charge on any atom is 0.268 e. The summed E-state index contributed by atoms with van der Waals surface area (Å²) < 4.78 is 0.319. The summed E-state index contributed by atoms with van der Waals surface area (Å²) in [6.07, 6.45) is 1.53. The van der Waals surface area contributed by atoms with Crippen molar-refractivity contribution in [3.05, 3.63) is 10.6 Å². The third-order valence-corrected chi connectivity index (χ3v) is 1.39. The average Bonchev–Trinajstić information content (AvgIpc) is 1.84. The molecule has 0 N–H and O–H groups in total. The van der Waals surface area contributed by atoms with Crippen molar-refractivity contribution < 1.29 is 4.79 Å². The highest BCUT2D eigenvalue weighted by Crippen LogP contribution is 2.03. The molecule has 0 aromatic carbocycles.